The Balaban J connectivity index is 2.24. The molecular weight excluding hydrogens is 240 g/mol. The summed E-state index contributed by atoms with van der Waals surface area (Å²) in [6.07, 6.45) is 6.96. The zero-order chi connectivity index (χ0) is 13.7. The van der Waals surface area contributed by atoms with Crippen LogP contribution in [-0.4, -0.2) is 21.7 Å². The molecule has 0 aliphatic heterocycles. The molecule has 0 fully saturated rings. The van der Waals surface area contributed by atoms with Gasteiger partial charge in [-0.15, -0.1) is 0 Å². The molecule has 0 radical (unpaired) electrons. The molecule has 100 valence electrons. The van der Waals surface area contributed by atoms with Crippen LogP contribution in [0.4, 0.5) is 0 Å². The van der Waals surface area contributed by atoms with Crippen LogP contribution in [0, 0.1) is 6.92 Å². The van der Waals surface area contributed by atoms with Crippen molar-refractivity contribution >= 4 is 0 Å². The lowest BCUT2D eigenvalue weighted by Gasteiger charge is -2.14. The van der Waals surface area contributed by atoms with E-state index >= 15 is 0 Å². The molecule has 4 nitrogen and oxygen atoms in total. The summed E-state index contributed by atoms with van der Waals surface area (Å²) in [5, 5.41) is 10.4. The molecule has 1 N–H and O–H groups in total. The zero-order valence-corrected chi connectivity index (χ0v) is 11.2. The van der Waals surface area contributed by atoms with Gasteiger partial charge >= 0.3 is 0 Å². The Morgan fingerprint density at radius 1 is 1.26 bits per heavy atom. The highest BCUT2D eigenvalue weighted by atomic mass is 16.5. The number of hydrogen-bond donors (Lipinski definition) is 1. The van der Waals surface area contributed by atoms with Crippen LogP contribution in [0.15, 0.2) is 36.9 Å². The van der Waals surface area contributed by atoms with E-state index in [2.05, 4.69) is 9.97 Å². The minimum atomic E-state index is -0.708. The van der Waals surface area contributed by atoms with Crippen LogP contribution in [0.3, 0.4) is 0 Å². The lowest BCUT2D eigenvalue weighted by atomic mass is 10.0. The van der Waals surface area contributed by atoms with E-state index in [1.54, 1.807) is 24.8 Å². The van der Waals surface area contributed by atoms with Crippen molar-refractivity contribution in [2.24, 2.45) is 0 Å². The van der Waals surface area contributed by atoms with E-state index in [1.165, 1.54) is 0 Å². The van der Waals surface area contributed by atoms with E-state index in [0.29, 0.717) is 12.4 Å². The molecule has 0 aliphatic carbocycles. The van der Waals surface area contributed by atoms with Crippen molar-refractivity contribution in [1.29, 1.82) is 0 Å². The Morgan fingerprint density at radius 2 is 2.11 bits per heavy atom. The fourth-order valence-electron chi connectivity index (χ4n) is 1.85. The largest absolute Gasteiger partial charge is 0.492 e. The summed E-state index contributed by atoms with van der Waals surface area (Å²) in [7, 11) is 0. The Hall–Kier alpha value is -1.94. The van der Waals surface area contributed by atoms with Crippen molar-refractivity contribution < 1.29 is 9.84 Å². The van der Waals surface area contributed by atoms with E-state index in [1.807, 2.05) is 26.0 Å². The second kappa shape index (κ2) is 6.29. The van der Waals surface area contributed by atoms with Gasteiger partial charge in [0.15, 0.2) is 0 Å². The van der Waals surface area contributed by atoms with Gasteiger partial charge < -0.3 is 9.84 Å². The number of hydrogen-bond acceptors (Lipinski definition) is 4. The van der Waals surface area contributed by atoms with Gasteiger partial charge in [-0.2, -0.15) is 0 Å². The lowest BCUT2D eigenvalue weighted by Crippen LogP contribution is -2.04. The molecule has 0 amide bonds. The average Bonchev–Trinajstić information content (AvgIpc) is 2.45. The molecule has 0 saturated carbocycles. The summed E-state index contributed by atoms with van der Waals surface area (Å²) in [6, 6.07) is 3.65. The smallest absolute Gasteiger partial charge is 0.137 e. The standard InChI is InChI=1S/C15H18N2O2/c1-3-6-19-13-7-12(9-17-10-13)15(18)14-4-5-16-8-11(14)2/h4-5,7-10,15,18H,3,6H2,1-2H3. The maximum atomic E-state index is 10.4. The predicted molar refractivity (Wildman–Crippen MR) is 73.1 cm³/mol. The van der Waals surface area contributed by atoms with E-state index in [0.717, 1.165) is 23.1 Å². The molecule has 19 heavy (non-hydrogen) atoms. The first-order valence-electron chi connectivity index (χ1n) is 6.38. The molecule has 0 aromatic carbocycles. The lowest BCUT2D eigenvalue weighted by molar-refractivity contribution is 0.218. The molecule has 0 saturated heterocycles. The second-order valence-corrected chi connectivity index (χ2v) is 4.44. The van der Waals surface area contributed by atoms with Gasteiger partial charge in [0, 0.05) is 24.2 Å². The van der Waals surface area contributed by atoms with Crippen molar-refractivity contribution in [2.45, 2.75) is 26.4 Å². The van der Waals surface area contributed by atoms with Crippen molar-refractivity contribution in [3.8, 4) is 5.75 Å². The summed E-state index contributed by atoms with van der Waals surface area (Å²) in [5.41, 5.74) is 2.52. The zero-order valence-electron chi connectivity index (χ0n) is 11.2. The quantitative estimate of drug-likeness (QED) is 0.895. The van der Waals surface area contributed by atoms with Gasteiger partial charge in [-0.3, -0.25) is 9.97 Å². The molecule has 1 unspecified atom stereocenters. The number of aliphatic hydroxyl groups excluding tert-OH is 1. The van der Waals surface area contributed by atoms with E-state index < -0.39 is 6.10 Å². The van der Waals surface area contributed by atoms with Crippen LogP contribution in [0.25, 0.3) is 0 Å². The van der Waals surface area contributed by atoms with Crippen LogP contribution in [-0.2, 0) is 0 Å². The van der Waals surface area contributed by atoms with Gasteiger partial charge in [-0.05, 0) is 36.6 Å². The fourth-order valence-corrected chi connectivity index (χ4v) is 1.85. The highest BCUT2D eigenvalue weighted by molar-refractivity contribution is 5.34. The number of rotatable bonds is 5. The van der Waals surface area contributed by atoms with E-state index in [4.69, 9.17) is 4.74 Å². The first-order chi connectivity index (χ1) is 9.22. The highest BCUT2D eigenvalue weighted by Crippen LogP contribution is 2.25. The number of aryl methyl sites for hydroxylation is 1. The van der Waals surface area contributed by atoms with Gasteiger partial charge in [-0.1, -0.05) is 6.92 Å². The Labute approximate surface area is 113 Å². The van der Waals surface area contributed by atoms with Crippen LogP contribution in [0.2, 0.25) is 0 Å². The SMILES string of the molecule is CCCOc1cncc(C(O)c2ccncc2C)c1. The van der Waals surface area contributed by atoms with Gasteiger partial charge in [0.05, 0.1) is 12.8 Å². The number of ether oxygens (including phenoxy) is 1. The van der Waals surface area contributed by atoms with Crippen LogP contribution >= 0.6 is 0 Å². The predicted octanol–water partition coefficient (Wildman–Crippen LogP) is 2.66. The summed E-state index contributed by atoms with van der Waals surface area (Å²) in [6.45, 7) is 4.62. The minimum Gasteiger partial charge on any atom is -0.492 e. The van der Waals surface area contributed by atoms with Crippen LogP contribution in [0.1, 0.15) is 36.1 Å². The third-order valence-electron chi connectivity index (χ3n) is 2.88. The first kappa shape index (κ1) is 13.5. The first-order valence-corrected chi connectivity index (χ1v) is 6.38. The third-order valence-corrected chi connectivity index (χ3v) is 2.88. The molecule has 0 spiro atoms. The molecule has 2 heterocycles. The average molecular weight is 258 g/mol. The monoisotopic (exact) mass is 258 g/mol. The third kappa shape index (κ3) is 3.29. The van der Waals surface area contributed by atoms with Crippen LogP contribution < -0.4 is 4.74 Å². The normalized spacial score (nSPS) is 12.2. The number of pyridine rings is 2. The molecule has 0 bridgehead atoms. The molecule has 4 heteroatoms. The summed E-state index contributed by atoms with van der Waals surface area (Å²) >= 11 is 0. The number of aromatic nitrogens is 2. The maximum Gasteiger partial charge on any atom is 0.137 e. The molecule has 2 aromatic rings. The van der Waals surface area contributed by atoms with Crippen molar-refractivity contribution in [3.05, 3.63) is 53.6 Å². The van der Waals surface area contributed by atoms with Gasteiger partial charge in [0.2, 0.25) is 0 Å². The van der Waals surface area contributed by atoms with Crippen molar-refractivity contribution in [3.63, 3.8) is 0 Å². The summed E-state index contributed by atoms with van der Waals surface area (Å²) in [5.74, 6) is 0.685. The number of aliphatic hydroxyl groups is 1. The number of nitrogens with zero attached hydrogens (tertiary/aromatic N) is 2. The Kier molecular flexibility index (Phi) is 4.47. The second-order valence-electron chi connectivity index (χ2n) is 4.44. The van der Waals surface area contributed by atoms with Crippen molar-refractivity contribution in [2.75, 3.05) is 6.61 Å². The molecule has 0 aliphatic rings. The summed E-state index contributed by atoms with van der Waals surface area (Å²) in [4.78, 5) is 8.14. The van der Waals surface area contributed by atoms with Gasteiger partial charge in [0.1, 0.15) is 11.9 Å². The van der Waals surface area contributed by atoms with Crippen molar-refractivity contribution in [1.82, 2.24) is 9.97 Å². The van der Waals surface area contributed by atoms with Gasteiger partial charge in [-0.25, -0.2) is 0 Å². The molecular formula is C15H18N2O2. The van der Waals surface area contributed by atoms with Gasteiger partial charge in [0.25, 0.3) is 0 Å². The summed E-state index contributed by atoms with van der Waals surface area (Å²) < 4.78 is 5.53. The molecule has 2 aromatic heterocycles. The Bertz CT molecular complexity index is 543. The van der Waals surface area contributed by atoms with Crippen LogP contribution in [0.5, 0.6) is 5.75 Å². The Morgan fingerprint density at radius 3 is 2.84 bits per heavy atom. The maximum absolute atomic E-state index is 10.4. The fraction of sp³-hybridized carbons (Fsp3) is 0.333. The van der Waals surface area contributed by atoms with E-state index in [-0.39, 0.29) is 0 Å². The highest BCUT2D eigenvalue weighted by Gasteiger charge is 2.13. The van der Waals surface area contributed by atoms with E-state index in [9.17, 15) is 5.11 Å². The molecule has 2 rings (SSSR count). The molecule has 1 atom stereocenters. The topological polar surface area (TPSA) is 55.2 Å². The minimum absolute atomic E-state index is 0.648.